The highest BCUT2D eigenvalue weighted by Gasteiger charge is 2.28. The molecule has 7 nitrogen and oxygen atoms in total. The van der Waals surface area contributed by atoms with E-state index in [1.165, 1.54) is 0 Å². The summed E-state index contributed by atoms with van der Waals surface area (Å²) >= 11 is 0. The van der Waals surface area contributed by atoms with Crippen molar-refractivity contribution >= 4 is 11.5 Å². The Balaban J connectivity index is 3.33. The zero-order valence-electron chi connectivity index (χ0n) is 14.3. The third kappa shape index (κ3) is 5.46. The monoisotopic (exact) mass is 310 g/mol. The first kappa shape index (κ1) is 18.1. The van der Waals surface area contributed by atoms with Crippen molar-refractivity contribution in [3.63, 3.8) is 0 Å². The van der Waals surface area contributed by atoms with Gasteiger partial charge in [-0.15, -0.1) is 0 Å². The van der Waals surface area contributed by atoms with Crippen LogP contribution in [0.3, 0.4) is 0 Å². The molecule has 1 aromatic heterocycles. The van der Waals surface area contributed by atoms with Gasteiger partial charge in [0.1, 0.15) is 5.82 Å². The van der Waals surface area contributed by atoms with Gasteiger partial charge in [-0.1, -0.05) is 20.8 Å². The molecule has 0 saturated carbocycles. The smallest absolute Gasteiger partial charge is 0.372 e. The highest BCUT2D eigenvalue weighted by atomic mass is 16.6. The highest BCUT2D eigenvalue weighted by Crippen LogP contribution is 2.34. The molecule has 1 rings (SSSR count). The van der Waals surface area contributed by atoms with E-state index in [9.17, 15) is 10.1 Å². The van der Waals surface area contributed by atoms with Crippen molar-refractivity contribution in [2.45, 2.75) is 59.9 Å². The summed E-state index contributed by atoms with van der Waals surface area (Å²) in [5.41, 5.74) is -0.548. The molecule has 0 unspecified atom stereocenters. The van der Waals surface area contributed by atoms with Crippen LogP contribution in [0.1, 0.15) is 53.8 Å². The lowest BCUT2D eigenvalue weighted by Gasteiger charge is -2.22. The van der Waals surface area contributed by atoms with E-state index in [1.807, 2.05) is 41.5 Å². The largest absolute Gasteiger partial charge is 0.472 e. The fourth-order valence-corrected chi connectivity index (χ4v) is 1.77. The van der Waals surface area contributed by atoms with Crippen LogP contribution in [-0.4, -0.2) is 27.0 Å². The van der Waals surface area contributed by atoms with Gasteiger partial charge < -0.3 is 10.1 Å². The second-order valence-corrected chi connectivity index (χ2v) is 6.73. The van der Waals surface area contributed by atoms with E-state index in [2.05, 4.69) is 15.3 Å². The molecule has 7 heteroatoms. The molecule has 1 heterocycles. The number of rotatable bonds is 7. The van der Waals surface area contributed by atoms with Gasteiger partial charge in [0.2, 0.25) is 5.82 Å². The van der Waals surface area contributed by atoms with Crippen molar-refractivity contribution in [2.24, 2.45) is 5.92 Å². The fourth-order valence-electron chi connectivity index (χ4n) is 1.77. The number of aromatic nitrogens is 2. The number of hydrogen-bond acceptors (Lipinski definition) is 6. The summed E-state index contributed by atoms with van der Waals surface area (Å²) < 4.78 is 5.57. The third-order valence-electron chi connectivity index (χ3n) is 2.60. The van der Waals surface area contributed by atoms with Crippen LogP contribution in [0.2, 0.25) is 0 Å². The Morgan fingerprint density at radius 1 is 1.32 bits per heavy atom. The van der Waals surface area contributed by atoms with Crippen LogP contribution in [0.4, 0.5) is 11.5 Å². The van der Waals surface area contributed by atoms with Crippen molar-refractivity contribution in [3.8, 4) is 5.88 Å². The summed E-state index contributed by atoms with van der Waals surface area (Å²) in [5, 5.41) is 14.5. The molecule has 0 atom stereocenters. The zero-order valence-corrected chi connectivity index (χ0v) is 14.3. The predicted molar refractivity (Wildman–Crippen MR) is 86.4 cm³/mol. The van der Waals surface area contributed by atoms with Gasteiger partial charge in [-0.05, 0) is 33.1 Å². The molecule has 0 saturated heterocycles. The van der Waals surface area contributed by atoms with Crippen LogP contribution in [0, 0.1) is 16.0 Å². The highest BCUT2D eigenvalue weighted by molar-refractivity contribution is 5.62. The SMILES string of the molecule is CCCc1nc(NC(C)(C)C)c([N+](=O)[O-])c(OCC(C)C)n1. The van der Waals surface area contributed by atoms with E-state index in [-0.39, 0.29) is 28.8 Å². The molecule has 0 aliphatic carbocycles. The van der Waals surface area contributed by atoms with Gasteiger partial charge in [0.25, 0.3) is 5.88 Å². The second kappa shape index (κ2) is 7.38. The van der Waals surface area contributed by atoms with Gasteiger partial charge >= 0.3 is 5.69 Å². The van der Waals surface area contributed by atoms with Crippen LogP contribution in [0.5, 0.6) is 5.88 Å². The second-order valence-electron chi connectivity index (χ2n) is 6.73. The van der Waals surface area contributed by atoms with E-state index < -0.39 is 4.92 Å². The molecule has 1 aromatic rings. The van der Waals surface area contributed by atoms with Crippen LogP contribution >= 0.6 is 0 Å². The van der Waals surface area contributed by atoms with Gasteiger partial charge in [0, 0.05) is 12.0 Å². The minimum Gasteiger partial charge on any atom is -0.472 e. The predicted octanol–water partition coefficient (Wildman–Crippen LogP) is 3.58. The first-order valence-electron chi connectivity index (χ1n) is 7.60. The number of aryl methyl sites for hydroxylation is 1. The van der Waals surface area contributed by atoms with Crippen LogP contribution < -0.4 is 10.1 Å². The number of nitrogens with zero attached hydrogens (tertiary/aromatic N) is 3. The van der Waals surface area contributed by atoms with Gasteiger partial charge in [-0.25, -0.2) is 4.98 Å². The fraction of sp³-hybridized carbons (Fsp3) is 0.733. The molecule has 22 heavy (non-hydrogen) atoms. The maximum Gasteiger partial charge on any atom is 0.372 e. The molecule has 0 amide bonds. The van der Waals surface area contributed by atoms with E-state index in [0.717, 1.165) is 6.42 Å². The van der Waals surface area contributed by atoms with E-state index >= 15 is 0 Å². The molecule has 0 radical (unpaired) electrons. The molecule has 0 fully saturated rings. The summed E-state index contributed by atoms with van der Waals surface area (Å²) in [4.78, 5) is 19.5. The van der Waals surface area contributed by atoms with Gasteiger partial charge in [0.05, 0.1) is 11.5 Å². The molecule has 0 aliphatic rings. The third-order valence-corrected chi connectivity index (χ3v) is 2.60. The summed E-state index contributed by atoms with van der Waals surface area (Å²) in [6.45, 7) is 12.1. The van der Waals surface area contributed by atoms with Gasteiger partial charge in [0.15, 0.2) is 0 Å². The average molecular weight is 310 g/mol. The standard InChI is InChI=1S/C15H26N4O3/c1-7-8-11-16-13(18-15(4,5)6)12(19(20)21)14(17-11)22-9-10(2)3/h10H,7-9H2,1-6H3,(H,16,17,18). The topological polar surface area (TPSA) is 90.2 Å². The van der Waals surface area contributed by atoms with Crippen LogP contribution in [-0.2, 0) is 6.42 Å². The Bertz CT molecular complexity index is 524. The Morgan fingerprint density at radius 2 is 1.95 bits per heavy atom. The van der Waals surface area contributed by atoms with Crippen LogP contribution in [0.25, 0.3) is 0 Å². The van der Waals surface area contributed by atoms with E-state index in [0.29, 0.717) is 18.9 Å². The van der Waals surface area contributed by atoms with Crippen molar-refractivity contribution in [2.75, 3.05) is 11.9 Å². The molecule has 124 valence electrons. The normalized spacial score (nSPS) is 11.6. The molecule has 0 spiro atoms. The molecular formula is C15H26N4O3. The van der Waals surface area contributed by atoms with Crippen LogP contribution in [0.15, 0.2) is 0 Å². The number of nitro groups is 1. The van der Waals surface area contributed by atoms with Crippen molar-refractivity contribution < 1.29 is 9.66 Å². The maximum atomic E-state index is 11.4. The lowest BCUT2D eigenvalue weighted by molar-refractivity contribution is -0.385. The number of hydrogen-bond donors (Lipinski definition) is 1. The maximum absolute atomic E-state index is 11.4. The summed E-state index contributed by atoms with van der Waals surface area (Å²) in [6.07, 6.45) is 1.51. The lowest BCUT2D eigenvalue weighted by Crippen LogP contribution is -2.28. The quantitative estimate of drug-likeness (QED) is 0.611. The Hall–Kier alpha value is -1.92. The minimum absolute atomic E-state index is 0.0453. The van der Waals surface area contributed by atoms with Crippen molar-refractivity contribution in [1.82, 2.24) is 9.97 Å². The number of nitrogens with one attached hydrogen (secondary N) is 1. The zero-order chi connectivity index (χ0) is 16.9. The average Bonchev–Trinajstić information content (AvgIpc) is 2.33. The first-order chi connectivity index (χ1) is 10.1. The first-order valence-corrected chi connectivity index (χ1v) is 7.60. The molecular weight excluding hydrogens is 284 g/mol. The van der Waals surface area contributed by atoms with Crippen molar-refractivity contribution in [1.29, 1.82) is 0 Å². The Labute approximate surface area is 131 Å². The lowest BCUT2D eigenvalue weighted by atomic mass is 10.1. The van der Waals surface area contributed by atoms with Gasteiger partial charge in [-0.3, -0.25) is 10.1 Å². The van der Waals surface area contributed by atoms with E-state index in [4.69, 9.17) is 4.74 Å². The van der Waals surface area contributed by atoms with Crippen molar-refractivity contribution in [3.05, 3.63) is 15.9 Å². The Morgan fingerprint density at radius 3 is 2.41 bits per heavy atom. The molecule has 0 aliphatic heterocycles. The number of anilines is 1. The summed E-state index contributed by atoms with van der Waals surface area (Å²) in [6, 6.07) is 0. The van der Waals surface area contributed by atoms with E-state index in [1.54, 1.807) is 0 Å². The minimum atomic E-state index is -0.487. The Kier molecular flexibility index (Phi) is 6.08. The molecule has 0 aromatic carbocycles. The summed E-state index contributed by atoms with van der Waals surface area (Å²) in [5.74, 6) is 1.07. The van der Waals surface area contributed by atoms with Gasteiger partial charge in [-0.2, -0.15) is 4.98 Å². The molecule has 0 bridgehead atoms. The molecule has 1 N–H and O–H groups in total. The summed E-state index contributed by atoms with van der Waals surface area (Å²) in [7, 11) is 0. The number of ether oxygens (including phenoxy) is 1.